The third kappa shape index (κ3) is 6.15. The Balaban J connectivity index is 1.33. The summed E-state index contributed by atoms with van der Waals surface area (Å²) in [5, 5.41) is 4.98. The lowest BCUT2D eigenvalue weighted by molar-refractivity contribution is 0.205. The van der Waals surface area contributed by atoms with Crippen LogP contribution in [0.2, 0.25) is 0 Å². The van der Waals surface area contributed by atoms with Crippen molar-refractivity contribution in [2.24, 2.45) is 0 Å². The van der Waals surface area contributed by atoms with Crippen molar-refractivity contribution in [2.75, 3.05) is 40.5 Å². The first-order valence-electron chi connectivity index (χ1n) is 13.1. The molecule has 0 atom stereocenters. The molecule has 1 fully saturated rings. The summed E-state index contributed by atoms with van der Waals surface area (Å²) in [6.45, 7) is 4.32. The van der Waals surface area contributed by atoms with Crippen LogP contribution in [0.4, 0.5) is 0 Å². The normalized spacial score (nSPS) is 13.9. The fourth-order valence-electron chi connectivity index (χ4n) is 4.79. The number of benzene rings is 3. The van der Waals surface area contributed by atoms with Crippen LogP contribution >= 0.6 is 0 Å². The summed E-state index contributed by atoms with van der Waals surface area (Å²) in [7, 11) is 3.35. The molecular formula is C31H35N3O3. The summed E-state index contributed by atoms with van der Waals surface area (Å²) in [4.78, 5) is 2.55. The Morgan fingerprint density at radius 3 is 1.95 bits per heavy atom. The molecule has 0 aliphatic carbocycles. The van der Waals surface area contributed by atoms with Crippen molar-refractivity contribution in [3.05, 3.63) is 78.9 Å². The number of nitrogens with zero attached hydrogens (tertiary/aromatic N) is 3. The van der Waals surface area contributed by atoms with Gasteiger partial charge in [0.2, 0.25) is 0 Å². The van der Waals surface area contributed by atoms with Crippen molar-refractivity contribution in [2.45, 2.75) is 25.7 Å². The molecule has 0 amide bonds. The van der Waals surface area contributed by atoms with Crippen LogP contribution in [0, 0.1) is 0 Å². The average Bonchev–Trinajstić information content (AvgIpc) is 3.42. The first-order valence-corrected chi connectivity index (χ1v) is 13.1. The fourth-order valence-corrected chi connectivity index (χ4v) is 4.79. The average molecular weight is 498 g/mol. The molecule has 0 N–H and O–H groups in total. The Labute approximate surface area is 219 Å². The molecule has 1 aliphatic heterocycles. The Morgan fingerprint density at radius 1 is 0.703 bits per heavy atom. The lowest BCUT2D eigenvalue weighted by Gasteiger charge is -2.26. The second-order valence-electron chi connectivity index (χ2n) is 9.38. The molecule has 6 nitrogen and oxygen atoms in total. The molecule has 37 heavy (non-hydrogen) atoms. The number of methoxy groups -OCH3 is 2. The number of likely N-dealkylation sites (tertiary alicyclic amines) is 1. The number of hydrogen-bond donors (Lipinski definition) is 0. The van der Waals surface area contributed by atoms with E-state index in [-0.39, 0.29) is 0 Å². The van der Waals surface area contributed by atoms with E-state index in [4.69, 9.17) is 19.3 Å². The smallest absolute Gasteiger partial charge is 0.119 e. The zero-order chi connectivity index (χ0) is 25.5. The zero-order valence-electron chi connectivity index (χ0n) is 21.7. The quantitative estimate of drug-likeness (QED) is 0.235. The molecular weight excluding hydrogens is 462 g/mol. The van der Waals surface area contributed by atoms with E-state index in [1.54, 1.807) is 14.2 Å². The van der Waals surface area contributed by atoms with Gasteiger partial charge in [-0.3, -0.25) is 0 Å². The van der Waals surface area contributed by atoms with Gasteiger partial charge < -0.3 is 19.1 Å². The van der Waals surface area contributed by atoms with Crippen LogP contribution in [0.3, 0.4) is 0 Å². The molecule has 2 heterocycles. The van der Waals surface area contributed by atoms with E-state index in [2.05, 4.69) is 35.2 Å². The highest BCUT2D eigenvalue weighted by atomic mass is 16.5. The van der Waals surface area contributed by atoms with Gasteiger partial charge in [-0.2, -0.15) is 5.10 Å². The number of rotatable bonds is 10. The van der Waals surface area contributed by atoms with E-state index in [1.165, 1.54) is 32.4 Å². The molecule has 0 bridgehead atoms. The van der Waals surface area contributed by atoms with Gasteiger partial charge in [0.25, 0.3) is 0 Å². The predicted octanol–water partition coefficient (Wildman–Crippen LogP) is 6.48. The minimum atomic E-state index is 0.740. The second-order valence-corrected chi connectivity index (χ2v) is 9.38. The maximum absolute atomic E-state index is 6.02. The van der Waals surface area contributed by atoms with Crippen LogP contribution in [0.25, 0.3) is 28.2 Å². The van der Waals surface area contributed by atoms with Crippen molar-refractivity contribution < 1.29 is 14.2 Å². The molecule has 1 saturated heterocycles. The second kappa shape index (κ2) is 12.0. The van der Waals surface area contributed by atoms with Crippen LogP contribution in [-0.4, -0.2) is 55.1 Å². The number of ether oxygens (including phenoxy) is 3. The van der Waals surface area contributed by atoms with Crippen molar-refractivity contribution in [1.82, 2.24) is 14.7 Å². The van der Waals surface area contributed by atoms with Gasteiger partial charge in [-0.25, -0.2) is 4.68 Å². The minimum absolute atomic E-state index is 0.740. The summed E-state index contributed by atoms with van der Waals surface area (Å²) >= 11 is 0. The van der Waals surface area contributed by atoms with Gasteiger partial charge >= 0.3 is 0 Å². The van der Waals surface area contributed by atoms with Gasteiger partial charge in [0.15, 0.2) is 0 Å². The molecule has 1 aromatic heterocycles. The van der Waals surface area contributed by atoms with Gasteiger partial charge in [0, 0.05) is 17.7 Å². The third-order valence-corrected chi connectivity index (χ3v) is 6.90. The van der Waals surface area contributed by atoms with E-state index in [0.717, 1.165) is 65.0 Å². The highest BCUT2D eigenvalue weighted by Crippen LogP contribution is 2.31. The molecule has 3 aromatic carbocycles. The van der Waals surface area contributed by atoms with Crippen molar-refractivity contribution in [3.63, 3.8) is 0 Å². The van der Waals surface area contributed by atoms with E-state index >= 15 is 0 Å². The highest BCUT2D eigenvalue weighted by Gasteiger charge is 2.14. The van der Waals surface area contributed by atoms with Crippen molar-refractivity contribution in [1.29, 1.82) is 0 Å². The largest absolute Gasteiger partial charge is 0.497 e. The molecule has 0 saturated carbocycles. The predicted molar refractivity (Wildman–Crippen MR) is 148 cm³/mol. The van der Waals surface area contributed by atoms with Crippen molar-refractivity contribution >= 4 is 0 Å². The highest BCUT2D eigenvalue weighted by molar-refractivity contribution is 5.71. The van der Waals surface area contributed by atoms with Crippen LogP contribution in [0.5, 0.6) is 17.2 Å². The Bertz CT molecular complexity index is 1190. The zero-order valence-corrected chi connectivity index (χ0v) is 21.7. The summed E-state index contributed by atoms with van der Waals surface area (Å²) in [5.41, 5.74) is 4.97. The number of aromatic nitrogens is 2. The lowest BCUT2D eigenvalue weighted by atomic mass is 10.1. The summed E-state index contributed by atoms with van der Waals surface area (Å²) < 4.78 is 18.7. The van der Waals surface area contributed by atoms with Gasteiger partial charge in [0.1, 0.15) is 17.2 Å². The maximum Gasteiger partial charge on any atom is 0.119 e. The SMILES string of the molecule is COc1ccc(-c2cc(-c3ccc(OCCCN4CCCCC4)cc3)nn2-c2ccc(OC)cc2)cc1. The summed E-state index contributed by atoms with van der Waals surface area (Å²) in [6, 6.07) is 26.4. The first kappa shape index (κ1) is 24.9. The Kier molecular flexibility index (Phi) is 8.06. The topological polar surface area (TPSA) is 48.8 Å². The summed E-state index contributed by atoms with van der Waals surface area (Å²) in [5.74, 6) is 2.53. The molecule has 4 aromatic rings. The van der Waals surface area contributed by atoms with Gasteiger partial charge in [-0.15, -0.1) is 0 Å². The van der Waals surface area contributed by atoms with Crippen LogP contribution < -0.4 is 14.2 Å². The first-order chi connectivity index (χ1) is 18.2. The van der Waals surface area contributed by atoms with E-state index in [1.807, 2.05) is 53.2 Å². The minimum Gasteiger partial charge on any atom is -0.497 e. The molecule has 5 rings (SSSR count). The van der Waals surface area contributed by atoms with Crippen LogP contribution in [0.1, 0.15) is 25.7 Å². The van der Waals surface area contributed by atoms with Crippen LogP contribution in [-0.2, 0) is 0 Å². The molecule has 0 radical (unpaired) electrons. The molecule has 6 heteroatoms. The molecule has 1 aliphatic rings. The maximum atomic E-state index is 6.02. The summed E-state index contributed by atoms with van der Waals surface area (Å²) in [6.07, 6.45) is 5.09. The van der Waals surface area contributed by atoms with E-state index in [0.29, 0.717) is 0 Å². The fraction of sp³-hybridized carbons (Fsp3) is 0.323. The number of piperidine rings is 1. The van der Waals surface area contributed by atoms with Crippen molar-refractivity contribution in [3.8, 4) is 45.5 Å². The molecule has 0 spiro atoms. The monoisotopic (exact) mass is 497 g/mol. The number of hydrogen-bond acceptors (Lipinski definition) is 5. The third-order valence-electron chi connectivity index (χ3n) is 6.90. The molecule has 192 valence electrons. The van der Waals surface area contributed by atoms with Gasteiger partial charge in [-0.1, -0.05) is 6.42 Å². The van der Waals surface area contributed by atoms with E-state index in [9.17, 15) is 0 Å². The van der Waals surface area contributed by atoms with Gasteiger partial charge in [0.05, 0.1) is 37.9 Å². The lowest BCUT2D eigenvalue weighted by Crippen LogP contribution is -2.31. The Morgan fingerprint density at radius 2 is 1.30 bits per heavy atom. The standard InChI is InChI=1S/C31H35N3O3/c1-35-27-13-9-25(10-14-27)31-23-30(32-34(31)26-11-17-28(36-2)18-12-26)24-7-15-29(16-8-24)37-22-6-21-33-19-4-3-5-20-33/h7-18,23H,3-6,19-22H2,1-2H3. The Hall–Kier alpha value is -3.77. The molecule has 0 unspecified atom stereocenters. The van der Waals surface area contributed by atoms with E-state index < -0.39 is 0 Å². The van der Waals surface area contributed by atoms with Crippen LogP contribution in [0.15, 0.2) is 78.9 Å². The van der Waals surface area contributed by atoms with Gasteiger partial charge in [-0.05, 0) is 111 Å².